The van der Waals surface area contributed by atoms with E-state index in [-0.39, 0.29) is 12.6 Å². The monoisotopic (exact) mass is 461 g/mol. The molecule has 2 saturated heterocycles. The van der Waals surface area contributed by atoms with Crippen LogP contribution in [-0.2, 0) is 4.79 Å². The van der Waals surface area contributed by atoms with Crippen LogP contribution in [0.4, 0.5) is 26.3 Å². The summed E-state index contributed by atoms with van der Waals surface area (Å²) in [4.78, 5) is 14.8. The fraction of sp³-hybridized carbons (Fsp3) is 0.944. The molecule has 1 aliphatic carbocycles. The van der Waals surface area contributed by atoms with Crippen LogP contribution in [-0.4, -0.2) is 71.9 Å². The fourth-order valence-corrected chi connectivity index (χ4v) is 4.81. The van der Waals surface area contributed by atoms with Gasteiger partial charge in [0.25, 0.3) is 5.60 Å². The van der Waals surface area contributed by atoms with E-state index in [2.05, 4.69) is 26.4 Å². The molecule has 0 aromatic carbocycles. The highest BCUT2D eigenvalue weighted by Crippen LogP contribution is 2.52. The van der Waals surface area contributed by atoms with Crippen molar-refractivity contribution < 1.29 is 36.2 Å². The Bertz CT molecular complexity index is 618. The number of carbonyl (C=O) groups is 1. The van der Waals surface area contributed by atoms with Gasteiger partial charge in [-0.2, -0.15) is 26.3 Å². The molecule has 3 fully saturated rings. The van der Waals surface area contributed by atoms with Crippen LogP contribution in [0.5, 0.6) is 0 Å². The van der Waals surface area contributed by atoms with Gasteiger partial charge in [-0.1, -0.05) is 6.92 Å². The Kier molecular flexibility index (Phi) is 7.11. The molecule has 2 aliphatic heterocycles. The van der Waals surface area contributed by atoms with Crippen molar-refractivity contribution in [2.45, 2.75) is 75.2 Å². The van der Waals surface area contributed by atoms with E-state index < -0.39 is 54.2 Å². The molecular formula is C18H29F6N5O2. The van der Waals surface area contributed by atoms with E-state index >= 15 is 0 Å². The third-order valence-electron chi connectivity index (χ3n) is 6.64. The Labute approximate surface area is 176 Å². The molecule has 0 spiro atoms. The number of hydrogen-bond donors (Lipinski definition) is 5. The van der Waals surface area contributed by atoms with Crippen molar-refractivity contribution in [2.75, 3.05) is 19.8 Å². The van der Waals surface area contributed by atoms with Gasteiger partial charge in [0.15, 0.2) is 0 Å². The lowest BCUT2D eigenvalue weighted by Crippen LogP contribution is -2.68. The summed E-state index contributed by atoms with van der Waals surface area (Å²) in [5.41, 5.74) is 0.922. The van der Waals surface area contributed by atoms with E-state index in [0.29, 0.717) is 25.9 Å². The summed E-state index contributed by atoms with van der Waals surface area (Å²) < 4.78 is 80.7. The fourth-order valence-electron chi connectivity index (χ4n) is 4.81. The van der Waals surface area contributed by atoms with Crippen LogP contribution in [0.25, 0.3) is 0 Å². The molecule has 13 heteroatoms. The minimum absolute atomic E-state index is 0.0251. The van der Waals surface area contributed by atoms with E-state index in [4.69, 9.17) is 0 Å². The maximum absolute atomic E-state index is 13.5. The molecule has 5 unspecified atom stereocenters. The van der Waals surface area contributed by atoms with E-state index in [1.807, 2.05) is 0 Å². The normalized spacial score (nSPS) is 34.0. The predicted molar refractivity (Wildman–Crippen MR) is 98.2 cm³/mol. The van der Waals surface area contributed by atoms with Gasteiger partial charge in [-0.15, -0.1) is 0 Å². The molecule has 5 N–H and O–H groups in total. The first kappa shape index (κ1) is 24.5. The molecule has 180 valence electrons. The minimum Gasteiger partial charge on any atom is -0.373 e. The van der Waals surface area contributed by atoms with Crippen LogP contribution in [0, 0.1) is 11.8 Å². The van der Waals surface area contributed by atoms with Crippen LogP contribution < -0.4 is 21.5 Å². The second-order valence-corrected chi connectivity index (χ2v) is 8.81. The average Bonchev–Trinajstić information content (AvgIpc) is 3.22. The number of nitrogens with zero attached hydrogens (tertiary/aromatic N) is 1. The van der Waals surface area contributed by atoms with Gasteiger partial charge in [0, 0.05) is 31.7 Å². The molecule has 5 atom stereocenters. The molecule has 3 aliphatic rings. The molecule has 3 rings (SSSR count). The number of amides is 1. The minimum atomic E-state index is -5.92. The highest BCUT2D eigenvalue weighted by molar-refractivity contribution is 5.82. The molecule has 2 heterocycles. The number of aliphatic hydroxyl groups is 1. The lowest BCUT2D eigenvalue weighted by Gasteiger charge is -2.46. The maximum atomic E-state index is 13.5. The van der Waals surface area contributed by atoms with E-state index in [1.165, 1.54) is 6.92 Å². The lowest BCUT2D eigenvalue weighted by atomic mass is 9.69. The molecule has 0 aromatic rings. The van der Waals surface area contributed by atoms with Crippen LogP contribution in [0.15, 0.2) is 0 Å². The Morgan fingerprint density at radius 2 is 1.71 bits per heavy atom. The second-order valence-electron chi connectivity index (χ2n) is 8.81. The molecule has 0 bridgehead atoms. The van der Waals surface area contributed by atoms with Gasteiger partial charge in [-0.05, 0) is 38.0 Å². The van der Waals surface area contributed by atoms with Gasteiger partial charge in [-0.3, -0.25) is 9.69 Å². The Morgan fingerprint density at radius 1 is 1.03 bits per heavy atom. The van der Waals surface area contributed by atoms with Gasteiger partial charge < -0.3 is 15.7 Å². The summed E-state index contributed by atoms with van der Waals surface area (Å²) in [5, 5.41) is 15.5. The summed E-state index contributed by atoms with van der Waals surface area (Å²) in [6, 6.07) is -2.24. The largest absolute Gasteiger partial charge is 0.426 e. The SMILES string of the molecule is CC1CCC(NC(=O)C2CCC(N3CCNC3)NN2)C(C(O)(C(F)(F)F)C(F)(F)F)C1. The first-order chi connectivity index (χ1) is 14.3. The molecule has 1 saturated carbocycles. The van der Waals surface area contributed by atoms with Crippen molar-refractivity contribution in [3.05, 3.63) is 0 Å². The number of hydrogen-bond acceptors (Lipinski definition) is 6. The molecular weight excluding hydrogens is 432 g/mol. The number of halogens is 6. The van der Waals surface area contributed by atoms with Crippen molar-refractivity contribution in [1.82, 2.24) is 26.4 Å². The zero-order chi connectivity index (χ0) is 23.0. The highest BCUT2D eigenvalue weighted by Gasteiger charge is 2.75. The molecule has 1 amide bonds. The highest BCUT2D eigenvalue weighted by atomic mass is 19.4. The van der Waals surface area contributed by atoms with Gasteiger partial charge in [0.1, 0.15) is 6.04 Å². The predicted octanol–water partition coefficient (Wildman–Crippen LogP) is 1.21. The lowest BCUT2D eigenvalue weighted by molar-refractivity contribution is -0.389. The summed E-state index contributed by atoms with van der Waals surface area (Å²) in [6.45, 7) is 3.89. The van der Waals surface area contributed by atoms with Crippen molar-refractivity contribution in [2.24, 2.45) is 11.8 Å². The van der Waals surface area contributed by atoms with Gasteiger partial charge >= 0.3 is 12.4 Å². The summed E-state index contributed by atoms with van der Waals surface area (Å²) in [6.07, 6.45) is -11.1. The van der Waals surface area contributed by atoms with Crippen LogP contribution >= 0.6 is 0 Å². The van der Waals surface area contributed by atoms with E-state index in [1.54, 1.807) is 0 Å². The Hall–Kier alpha value is -1.15. The smallest absolute Gasteiger partial charge is 0.373 e. The van der Waals surface area contributed by atoms with Gasteiger partial charge in [0.2, 0.25) is 5.91 Å². The maximum Gasteiger partial charge on any atom is 0.426 e. The zero-order valence-electron chi connectivity index (χ0n) is 17.1. The van der Waals surface area contributed by atoms with Crippen LogP contribution in [0.3, 0.4) is 0 Å². The number of rotatable bonds is 4. The van der Waals surface area contributed by atoms with E-state index in [9.17, 15) is 36.2 Å². The average molecular weight is 461 g/mol. The first-order valence-electron chi connectivity index (χ1n) is 10.5. The third-order valence-corrected chi connectivity index (χ3v) is 6.64. The summed E-state index contributed by atoms with van der Waals surface area (Å²) in [5.74, 6) is -3.35. The number of hydrazine groups is 1. The Balaban J connectivity index is 1.69. The van der Waals surface area contributed by atoms with Gasteiger partial charge in [-0.25, -0.2) is 10.9 Å². The topological polar surface area (TPSA) is 88.7 Å². The van der Waals surface area contributed by atoms with Crippen molar-refractivity contribution in [3.63, 3.8) is 0 Å². The van der Waals surface area contributed by atoms with Crippen LogP contribution in [0.2, 0.25) is 0 Å². The number of alkyl halides is 6. The van der Waals surface area contributed by atoms with Crippen LogP contribution in [0.1, 0.15) is 39.0 Å². The molecule has 7 nitrogen and oxygen atoms in total. The van der Waals surface area contributed by atoms with Crippen molar-refractivity contribution >= 4 is 5.91 Å². The zero-order valence-corrected chi connectivity index (χ0v) is 17.1. The molecule has 31 heavy (non-hydrogen) atoms. The standard InChI is InChI=1S/C18H29F6N5O2/c1-10-2-3-12(11(8-10)16(31,17(19,20)21)18(22,23)24)26-15(30)13-4-5-14(28-27-13)29-7-6-25-9-29/h10-14,25,27-28,31H,2-9H2,1H3,(H,26,30). The van der Waals surface area contributed by atoms with Crippen molar-refractivity contribution in [3.8, 4) is 0 Å². The first-order valence-corrected chi connectivity index (χ1v) is 10.5. The summed E-state index contributed by atoms with van der Waals surface area (Å²) in [7, 11) is 0. The summed E-state index contributed by atoms with van der Waals surface area (Å²) >= 11 is 0. The molecule has 0 radical (unpaired) electrons. The van der Waals surface area contributed by atoms with Gasteiger partial charge in [0.05, 0.1) is 6.17 Å². The quantitative estimate of drug-likeness (QED) is 0.405. The Morgan fingerprint density at radius 3 is 2.23 bits per heavy atom. The third kappa shape index (κ3) is 4.95. The second kappa shape index (κ2) is 9.00. The van der Waals surface area contributed by atoms with Crippen molar-refractivity contribution in [1.29, 1.82) is 0 Å². The number of carbonyl (C=O) groups excluding carboxylic acids is 1. The number of nitrogens with one attached hydrogen (secondary N) is 4. The van der Waals surface area contributed by atoms with E-state index in [0.717, 1.165) is 13.1 Å². The molecule has 0 aromatic heterocycles.